The van der Waals surface area contributed by atoms with Crippen molar-refractivity contribution in [1.29, 1.82) is 0 Å². The fraction of sp³-hybridized carbons (Fsp3) is 0.556. The van der Waals surface area contributed by atoms with Crippen LogP contribution in [0.5, 0.6) is 0 Å². The van der Waals surface area contributed by atoms with Gasteiger partial charge in [0.15, 0.2) is 5.58 Å². The van der Waals surface area contributed by atoms with Gasteiger partial charge in [-0.25, -0.2) is 9.59 Å². The molecule has 1 saturated heterocycles. The average molecular weight is 346 g/mol. The number of rotatable bonds is 4. The molecule has 3 rings (SSSR count). The van der Waals surface area contributed by atoms with Crippen LogP contribution in [0.3, 0.4) is 0 Å². The Bertz CT molecular complexity index is 785. The summed E-state index contributed by atoms with van der Waals surface area (Å²) < 4.78 is 6.90. The quantitative estimate of drug-likeness (QED) is 0.924. The van der Waals surface area contributed by atoms with Crippen molar-refractivity contribution in [2.45, 2.75) is 32.2 Å². The summed E-state index contributed by atoms with van der Waals surface area (Å²) >= 11 is 0. The predicted molar refractivity (Wildman–Crippen MR) is 98.1 cm³/mol. The van der Waals surface area contributed by atoms with Crippen LogP contribution < -0.4 is 11.1 Å². The minimum Gasteiger partial charge on any atom is -0.408 e. The molecule has 0 bridgehead atoms. The first-order valence-corrected chi connectivity index (χ1v) is 8.88. The van der Waals surface area contributed by atoms with E-state index in [0.29, 0.717) is 23.3 Å². The highest BCUT2D eigenvalue weighted by atomic mass is 16.4. The maximum absolute atomic E-state index is 12.5. The Kier molecular flexibility index (Phi) is 5.43. The summed E-state index contributed by atoms with van der Waals surface area (Å²) in [7, 11) is 3.92. The van der Waals surface area contributed by atoms with E-state index < -0.39 is 0 Å². The van der Waals surface area contributed by atoms with E-state index in [2.05, 4.69) is 5.32 Å². The van der Waals surface area contributed by atoms with Crippen LogP contribution >= 0.6 is 0 Å². The Morgan fingerprint density at radius 1 is 1.20 bits per heavy atom. The molecular formula is C18H26N4O3. The molecule has 0 spiro atoms. The minimum atomic E-state index is -0.368. The molecule has 25 heavy (non-hydrogen) atoms. The molecule has 136 valence electrons. The van der Waals surface area contributed by atoms with Gasteiger partial charge in [-0.3, -0.25) is 4.57 Å². The molecule has 2 aromatic rings. The standard InChI is InChI=1S/C18H26N4O3/c1-20(2)11-12-22-15-13-14(7-8-16(15)25-18(22)24)19-17(23)21-9-5-3-4-6-10-21/h7-8,13H,3-6,9-12H2,1-2H3,(H,19,23). The third kappa shape index (κ3) is 4.22. The molecule has 1 fully saturated rings. The number of urea groups is 1. The van der Waals surface area contributed by atoms with E-state index in [1.165, 1.54) is 12.8 Å². The number of hydrogen-bond donors (Lipinski definition) is 1. The number of oxazole rings is 1. The number of hydrogen-bond acceptors (Lipinski definition) is 4. The molecule has 0 saturated carbocycles. The number of likely N-dealkylation sites (tertiary alicyclic amines) is 1. The molecule has 0 unspecified atom stereocenters. The molecule has 2 heterocycles. The van der Waals surface area contributed by atoms with E-state index in [1.807, 2.05) is 30.0 Å². The van der Waals surface area contributed by atoms with E-state index >= 15 is 0 Å². The van der Waals surface area contributed by atoms with Gasteiger partial charge in [-0.05, 0) is 45.1 Å². The zero-order chi connectivity index (χ0) is 17.8. The Labute approximate surface area is 147 Å². The molecule has 0 atom stereocenters. The summed E-state index contributed by atoms with van der Waals surface area (Å²) in [6.07, 6.45) is 4.47. The van der Waals surface area contributed by atoms with Crippen LogP contribution in [0.15, 0.2) is 27.4 Å². The number of benzene rings is 1. The fourth-order valence-corrected chi connectivity index (χ4v) is 3.13. The van der Waals surface area contributed by atoms with Gasteiger partial charge < -0.3 is 19.5 Å². The van der Waals surface area contributed by atoms with Crippen molar-refractivity contribution in [3.05, 3.63) is 28.7 Å². The number of nitrogens with zero attached hydrogens (tertiary/aromatic N) is 3. The second kappa shape index (κ2) is 7.74. The molecule has 1 N–H and O–H groups in total. The lowest BCUT2D eigenvalue weighted by Crippen LogP contribution is -2.35. The molecule has 1 aliphatic heterocycles. The first-order valence-electron chi connectivity index (χ1n) is 8.88. The lowest BCUT2D eigenvalue weighted by atomic mass is 10.2. The summed E-state index contributed by atoms with van der Waals surface area (Å²) in [5.41, 5.74) is 1.93. The van der Waals surface area contributed by atoms with Crippen LogP contribution in [0.2, 0.25) is 0 Å². The number of anilines is 1. The molecule has 0 radical (unpaired) electrons. The van der Waals surface area contributed by atoms with Gasteiger partial charge in [-0.2, -0.15) is 0 Å². The molecule has 1 aromatic heterocycles. The van der Waals surface area contributed by atoms with Crippen molar-refractivity contribution >= 4 is 22.8 Å². The highest BCUT2D eigenvalue weighted by molar-refractivity contribution is 5.91. The summed E-state index contributed by atoms with van der Waals surface area (Å²) in [4.78, 5) is 28.4. The highest BCUT2D eigenvalue weighted by Crippen LogP contribution is 2.19. The van der Waals surface area contributed by atoms with Gasteiger partial charge in [-0.15, -0.1) is 0 Å². The molecule has 2 amide bonds. The zero-order valence-electron chi connectivity index (χ0n) is 15.0. The molecule has 7 nitrogen and oxygen atoms in total. The lowest BCUT2D eigenvalue weighted by Gasteiger charge is -2.20. The third-order valence-corrected chi connectivity index (χ3v) is 4.58. The van der Waals surface area contributed by atoms with Crippen molar-refractivity contribution in [2.24, 2.45) is 0 Å². The van der Waals surface area contributed by atoms with Gasteiger partial charge in [-0.1, -0.05) is 12.8 Å². The van der Waals surface area contributed by atoms with Crippen molar-refractivity contribution in [3.63, 3.8) is 0 Å². The number of nitrogens with one attached hydrogen (secondary N) is 1. The molecule has 1 aliphatic rings. The normalized spacial score (nSPS) is 15.6. The van der Waals surface area contributed by atoms with Crippen LogP contribution in [0.4, 0.5) is 10.5 Å². The van der Waals surface area contributed by atoms with E-state index in [-0.39, 0.29) is 11.8 Å². The highest BCUT2D eigenvalue weighted by Gasteiger charge is 2.16. The molecule has 0 aliphatic carbocycles. The average Bonchev–Trinajstić information content (AvgIpc) is 2.76. The molecule has 1 aromatic carbocycles. The largest absolute Gasteiger partial charge is 0.419 e. The predicted octanol–water partition coefficient (Wildman–Crippen LogP) is 2.56. The number of likely N-dealkylation sites (N-methyl/N-ethyl adjacent to an activating group) is 1. The summed E-state index contributed by atoms with van der Waals surface area (Å²) in [6.45, 7) is 2.88. The van der Waals surface area contributed by atoms with Crippen molar-refractivity contribution < 1.29 is 9.21 Å². The van der Waals surface area contributed by atoms with Crippen molar-refractivity contribution in [2.75, 3.05) is 39.0 Å². The van der Waals surface area contributed by atoms with E-state index in [0.717, 1.165) is 32.5 Å². The Morgan fingerprint density at radius 2 is 1.92 bits per heavy atom. The smallest absolute Gasteiger partial charge is 0.408 e. The van der Waals surface area contributed by atoms with Crippen LogP contribution in [0, 0.1) is 0 Å². The second-order valence-electron chi connectivity index (χ2n) is 6.84. The number of aromatic nitrogens is 1. The van der Waals surface area contributed by atoms with Gasteiger partial charge in [0.05, 0.1) is 5.52 Å². The van der Waals surface area contributed by atoms with Gasteiger partial charge in [0, 0.05) is 31.9 Å². The topological polar surface area (TPSA) is 70.7 Å². The SMILES string of the molecule is CN(C)CCn1c(=O)oc2ccc(NC(=O)N3CCCCCC3)cc21. The van der Waals surface area contributed by atoms with Gasteiger partial charge in [0.1, 0.15) is 0 Å². The Morgan fingerprint density at radius 3 is 2.60 bits per heavy atom. The van der Waals surface area contributed by atoms with Crippen LogP contribution in [0.1, 0.15) is 25.7 Å². The van der Waals surface area contributed by atoms with Crippen LogP contribution in [-0.2, 0) is 6.54 Å². The van der Waals surface area contributed by atoms with E-state index in [1.54, 1.807) is 16.7 Å². The van der Waals surface area contributed by atoms with Crippen molar-refractivity contribution in [3.8, 4) is 0 Å². The summed E-state index contributed by atoms with van der Waals surface area (Å²) in [5, 5.41) is 2.95. The van der Waals surface area contributed by atoms with Gasteiger partial charge in [0.2, 0.25) is 0 Å². The second-order valence-corrected chi connectivity index (χ2v) is 6.84. The lowest BCUT2D eigenvalue weighted by molar-refractivity contribution is 0.214. The number of carbonyl (C=O) groups excluding carboxylic acids is 1. The maximum atomic E-state index is 12.5. The summed E-state index contributed by atoms with van der Waals surface area (Å²) in [5.74, 6) is -0.368. The van der Waals surface area contributed by atoms with Gasteiger partial charge in [0.25, 0.3) is 0 Å². The summed E-state index contributed by atoms with van der Waals surface area (Å²) in [6, 6.07) is 5.25. The van der Waals surface area contributed by atoms with Crippen LogP contribution in [-0.4, -0.2) is 54.1 Å². The number of carbonyl (C=O) groups is 1. The number of fused-ring (bicyclic) bond motifs is 1. The van der Waals surface area contributed by atoms with E-state index in [4.69, 9.17) is 4.42 Å². The minimum absolute atomic E-state index is 0.0769. The Balaban J connectivity index is 1.78. The van der Waals surface area contributed by atoms with Crippen molar-refractivity contribution in [1.82, 2.24) is 14.4 Å². The van der Waals surface area contributed by atoms with Gasteiger partial charge >= 0.3 is 11.8 Å². The van der Waals surface area contributed by atoms with E-state index in [9.17, 15) is 9.59 Å². The van der Waals surface area contributed by atoms with Crippen LogP contribution in [0.25, 0.3) is 11.1 Å². The Hall–Kier alpha value is -2.28. The first kappa shape index (κ1) is 17.5. The monoisotopic (exact) mass is 346 g/mol. The maximum Gasteiger partial charge on any atom is 0.419 e. The zero-order valence-corrected chi connectivity index (χ0v) is 15.0. The molecular weight excluding hydrogens is 320 g/mol. The fourth-order valence-electron chi connectivity index (χ4n) is 3.13. The molecule has 7 heteroatoms. The number of amides is 2. The first-order chi connectivity index (χ1) is 12.0. The third-order valence-electron chi connectivity index (χ3n) is 4.58.